The molecular weight excluding hydrogens is 687 g/mol. The highest BCUT2D eigenvalue weighted by atomic mass is 15.2. The van der Waals surface area contributed by atoms with Crippen LogP contribution >= 0.6 is 0 Å². The van der Waals surface area contributed by atoms with E-state index < -0.39 is 0 Å². The van der Waals surface area contributed by atoms with Gasteiger partial charge in [-0.15, -0.1) is 0 Å². The zero-order chi connectivity index (χ0) is 39.3. The first-order valence-electron chi connectivity index (χ1n) is 22.6. The Morgan fingerprint density at radius 2 is 0.947 bits per heavy atom. The van der Waals surface area contributed by atoms with E-state index >= 15 is 0 Å². The SMILES string of the molecule is CC1(C)CCC(C)(C)c2c(N(c3ccc4c(c3)-c3c(-c5ccccc5)cccc3C43C4CC5CC(C4)CC3C5)c3cccc4c3C(C)(C)CCC4(C)C)cccc21. The van der Waals surface area contributed by atoms with Crippen molar-refractivity contribution in [1.82, 2.24) is 0 Å². The Morgan fingerprint density at radius 3 is 1.51 bits per heavy atom. The fourth-order valence-corrected chi connectivity index (χ4v) is 14.4. The van der Waals surface area contributed by atoms with E-state index in [0.717, 1.165) is 23.7 Å². The number of hydrogen-bond donors (Lipinski definition) is 0. The van der Waals surface area contributed by atoms with Crippen LogP contribution < -0.4 is 4.90 Å². The van der Waals surface area contributed by atoms with Gasteiger partial charge < -0.3 is 4.90 Å². The molecule has 5 aromatic carbocycles. The van der Waals surface area contributed by atoms with Crippen molar-refractivity contribution in [3.63, 3.8) is 0 Å². The first kappa shape index (κ1) is 36.0. The van der Waals surface area contributed by atoms with Crippen LogP contribution in [-0.4, -0.2) is 0 Å². The van der Waals surface area contributed by atoms with Crippen molar-refractivity contribution in [1.29, 1.82) is 0 Å². The summed E-state index contributed by atoms with van der Waals surface area (Å²) in [4.78, 5) is 2.76. The molecule has 5 aromatic rings. The molecule has 0 N–H and O–H groups in total. The molecule has 292 valence electrons. The normalized spacial score (nSPS) is 28.7. The molecule has 0 radical (unpaired) electrons. The van der Waals surface area contributed by atoms with Crippen molar-refractivity contribution in [2.75, 3.05) is 4.90 Å². The molecule has 0 unspecified atom stereocenters. The van der Waals surface area contributed by atoms with E-state index in [-0.39, 0.29) is 27.1 Å². The Hall–Kier alpha value is -4.10. The van der Waals surface area contributed by atoms with Crippen LogP contribution in [0.15, 0.2) is 103 Å². The van der Waals surface area contributed by atoms with Gasteiger partial charge in [0.15, 0.2) is 0 Å². The Bertz CT molecular complexity index is 2330. The minimum atomic E-state index is 0.0532. The molecule has 57 heavy (non-hydrogen) atoms. The maximum absolute atomic E-state index is 2.76. The summed E-state index contributed by atoms with van der Waals surface area (Å²) < 4.78 is 0. The molecule has 0 atom stereocenters. The largest absolute Gasteiger partial charge is 0.310 e. The summed E-state index contributed by atoms with van der Waals surface area (Å²) in [6.07, 6.45) is 11.9. The second-order valence-corrected chi connectivity index (χ2v) is 22.3. The standard InChI is InChI=1S/C56H63N/c1-52(2)25-27-54(5,6)50-45(52)19-13-21-47(50)57(48-22-14-20-46-51(48)55(7,8)28-26-53(46,3)4)40-23-24-43-42(34-40)49-41(37-15-10-9-11-16-37)17-12-18-44(49)56(43)38-30-35-29-36(32-38)33-39(56)31-35/h9-24,34-36,38-39H,25-33H2,1-8H3. The molecule has 0 heterocycles. The zero-order valence-electron chi connectivity index (χ0n) is 35.9. The molecule has 0 saturated heterocycles. The summed E-state index contributed by atoms with van der Waals surface area (Å²) in [7, 11) is 0. The number of benzene rings is 5. The Morgan fingerprint density at radius 1 is 0.439 bits per heavy atom. The van der Waals surface area contributed by atoms with Crippen LogP contribution in [0.2, 0.25) is 0 Å². The predicted octanol–water partition coefficient (Wildman–Crippen LogP) is 15.2. The van der Waals surface area contributed by atoms with E-state index in [1.165, 1.54) is 119 Å². The molecule has 4 bridgehead atoms. The van der Waals surface area contributed by atoms with Crippen LogP contribution in [0.5, 0.6) is 0 Å². The van der Waals surface area contributed by atoms with Crippen molar-refractivity contribution >= 4 is 17.1 Å². The fraction of sp³-hybridized carbons (Fsp3) is 0.464. The van der Waals surface area contributed by atoms with Gasteiger partial charge in [-0.3, -0.25) is 0 Å². The van der Waals surface area contributed by atoms with Gasteiger partial charge in [0, 0.05) is 11.1 Å². The molecule has 4 saturated carbocycles. The Labute approximate surface area is 343 Å². The number of rotatable bonds is 4. The van der Waals surface area contributed by atoms with Crippen molar-refractivity contribution in [2.45, 2.75) is 140 Å². The maximum atomic E-state index is 2.76. The predicted molar refractivity (Wildman–Crippen MR) is 240 cm³/mol. The third-order valence-corrected chi connectivity index (χ3v) is 17.1. The van der Waals surface area contributed by atoms with Crippen LogP contribution in [0.4, 0.5) is 17.1 Å². The minimum Gasteiger partial charge on any atom is -0.310 e. The third-order valence-electron chi connectivity index (χ3n) is 17.1. The highest BCUT2D eigenvalue weighted by Gasteiger charge is 2.62. The molecule has 0 amide bonds. The lowest BCUT2D eigenvalue weighted by molar-refractivity contribution is -0.0399. The molecule has 0 aromatic heterocycles. The van der Waals surface area contributed by atoms with Gasteiger partial charge in [0.25, 0.3) is 0 Å². The summed E-state index contributed by atoms with van der Waals surface area (Å²) >= 11 is 0. The number of fused-ring (bicyclic) bond motifs is 5. The van der Waals surface area contributed by atoms with Crippen molar-refractivity contribution in [3.05, 3.63) is 137 Å². The van der Waals surface area contributed by atoms with Gasteiger partial charge in [-0.2, -0.15) is 0 Å². The van der Waals surface area contributed by atoms with E-state index in [1.807, 2.05) is 0 Å². The van der Waals surface area contributed by atoms with Gasteiger partial charge >= 0.3 is 0 Å². The molecule has 12 rings (SSSR count). The lowest BCUT2D eigenvalue weighted by Gasteiger charge is -2.61. The quantitative estimate of drug-likeness (QED) is 0.177. The van der Waals surface area contributed by atoms with Crippen molar-refractivity contribution in [3.8, 4) is 22.3 Å². The number of hydrogen-bond acceptors (Lipinski definition) is 1. The summed E-state index contributed by atoms with van der Waals surface area (Å²) in [5.41, 5.74) is 19.7. The van der Waals surface area contributed by atoms with Gasteiger partial charge in [-0.05, 0) is 183 Å². The summed E-state index contributed by atoms with van der Waals surface area (Å²) in [5, 5.41) is 0. The summed E-state index contributed by atoms with van der Waals surface area (Å²) in [5.74, 6) is 3.31. The van der Waals surface area contributed by atoms with Gasteiger partial charge in [0.2, 0.25) is 0 Å². The molecule has 1 spiro atoms. The van der Waals surface area contributed by atoms with Crippen molar-refractivity contribution in [2.24, 2.45) is 23.7 Å². The monoisotopic (exact) mass is 749 g/mol. The van der Waals surface area contributed by atoms with Crippen LogP contribution in [0.1, 0.15) is 147 Å². The zero-order valence-corrected chi connectivity index (χ0v) is 35.9. The van der Waals surface area contributed by atoms with Gasteiger partial charge in [-0.25, -0.2) is 0 Å². The highest BCUT2D eigenvalue weighted by molar-refractivity contribution is 5.96. The summed E-state index contributed by atoms with van der Waals surface area (Å²) in [6, 6.07) is 41.2. The molecule has 4 fully saturated rings. The highest BCUT2D eigenvalue weighted by Crippen LogP contribution is 2.70. The fourth-order valence-electron chi connectivity index (χ4n) is 14.4. The summed E-state index contributed by atoms with van der Waals surface area (Å²) in [6.45, 7) is 20.0. The molecule has 7 aliphatic rings. The van der Waals surface area contributed by atoms with E-state index in [4.69, 9.17) is 0 Å². The third kappa shape index (κ3) is 4.99. The van der Waals surface area contributed by atoms with Crippen LogP contribution in [0.3, 0.4) is 0 Å². The van der Waals surface area contributed by atoms with Crippen LogP contribution in [0, 0.1) is 23.7 Å². The van der Waals surface area contributed by atoms with E-state index in [2.05, 4.69) is 163 Å². The lowest BCUT2D eigenvalue weighted by atomic mass is 9.43. The maximum Gasteiger partial charge on any atom is 0.0502 e. The minimum absolute atomic E-state index is 0.0532. The first-order chi connectivity index (χ1) is 27.2. The first-order valence-corrected chi connectivity index (χ1v) is 22.6. The van der Waals surface area contributed by atoms with Crippen LogP contribution in [-0.2, 0) is 27.1 Å². The Kier molecular flexibility index (Phi) is 7.58. The number of anilines is 3. The second kappa shape index (κ2) is 12.0. The topological polar surface area (TPSA) is 3.24 Å². The average Bonchev–Trinajstić information content (AvgIpc) is 3.48. The van der Waals surface area contributed by atoms with E-state index in [0.29, 0.717) is 0 Å². The smallest absolute Gasteiger partial charge is 0.0502 e. The van der Waals surface area contributed by atoms with E-state index in [9.17, 15) is 0 Å². The molecule has 1 nitrogen and oxygen atoms in total. The molecule has 7 aliphatic carbocycles. The van der Waals surface area contributed by atoms with Gasteiger partial charge in [0.05, 0.1) is 11.4 Å². The van der Waals surface area contributed by atoms with Crippen molar-refractivity contribution < 1.29 is 0 Å². The van der Waals surface area contributed by atoms with E-state index in [1.54, 1.807) is 11.1 Å². The van der Waals surface area contributed by atoms with Crippen LogP contribution in [0.25, 0.3) is 22.3 Å². The number of nitrogens with zero attached hydrogens (tertiary/aromatic N) is 1. The molecule has 0 aliphatic heterocycles. The second-order valence-electron chi connectivity index (χ2n) is 22.3. The lowest BCUT2D eigenvalue weighted by Crippen LogP contribution is -2.55. The molecule has 1 heteroatoms. The Balaban J connectivity index is 1.22. The average molecular weight is 750 g/mol. The van der Waals surface area contributed by atoms with Gasteiger partial charge in [0.1, 0.15) is 0 Å². The van der Waals surface area contributed by atoms with Gasteiger partial charge in [-0.1, -0.05) is 134 Å². The molecular formula is C56H63N.